The summed E-state index contributed by atoms with van der Waals surface area (Å²) in [6.07, 6.45) is 4.26. The molecule has 8 nitrogen and oxygen atoms in total. The van der Waals surface area contributed by atoms with Gasteiger partial charge in [0.05, 0.1) is 5.69 Å². The van der Waals surface area contributed by atoms with E-state index >= 15 is 0 Å². The molecule has 1 fully saturated rings. The van der Waals surface area contributed by atoms with Gasteiger partial charge in [0.15, 0.2) is 0 Å². The third-order valence-corrected chi connectivity index (χ3v) is 9.87. The van der Waals surface area contributed by atoms with E-state index in [0.29, 0.717) is 12.1 Å². The van der Waals surface area contributed by atoms with Gasteiger partial charge in [-0.15, -0.1) is 0 Å². The summed E-state index contributed by atoms with van der Waals surface area (Å²) in [6, 6.07) is 22.3. The molecule has 1 unspecified atom stereocenters. The van der Waals surface area contributed by atoms with Crippen LogP contribution in [0, 0.1) is 20.8 Å². The lowest BCUT2D eigenvalue weighted by Gasteiger charge is -2.35. The molecule has 0 saturated heterocycles. The van der Waals surface area contributed by atoms with Gasteiger partial charge in [-0.2, -0.15) is 12.7 Å². The van der Waals surface area contributed by atoms with Crippen LogP contribution in [0.15, 0.2) is 72.8 Å². The molecule has 0 heterocycles. The van der Waals surface area contributed by atoms with Crippen LogP contribution < -0.4 is 9.62 Å². The quantitative estimate of drug-likeness (QED) is 0.318. The summed E-state index contributed by atoms with van der Waals surface area (Å²) < 4.78 is 29.6. The van der Waals surface area contributed by atoms with Crippen molar-refractivity contribution in [3.8, 4) is 0 Å². The summed E-state index contributed by atoms with van der Waals surface area (Å²) in [5, 5.41) is 3.21. The molecule has 3 aromatic rings. The van der Waals surface area contributed by atoms with E-state index in [1.54, 1.807) is 11.0 Å². The molecule has 3 aromatic carbocycles. The van der Waals surface area contributed by atoms with Crippen LogP contribution in [0.5, 0.6) is 0 Å². The van der Waals surface area contributed by atoms with E-state index in [-0.39, 0.29) is 18.5 Å². The van der Waals surface area contributed by atoms with Gasteiger partial charge in [0.1, 0.15) is 12.6 Å². The lowest BCUT2D eigenvalue weighted by molar-refractivity contribution is -0.140. The maximum Gasteiger partial charge on any atom is 0.304 e. The molecule has 230 valence electrons. The highest BCUT2D eigenvalue weighted by molar-refractivity contribution is 7.90. The maximum absolute atomic E-state index is 14.5. The van der Waals surface area contributed by atoms with Crippen LogP contribution in [0.3, 0.4) is 0 Å². The number of hydrogen-bond acceptors (Lipinski definition) is 4. The van der Waals surface area contributed by atoms with E-state index in [2.05, 4.69) is 5.32 Å². The summed E-state index contributed by atoms with van der Waals surface area (Å²) in [7, 11) is -1.14. The molecule has 1 N–H and O–H groups in total. The number of benzene rings is 3. The molecule has 1 aliphatic carbocycles. The highest BCUT2D eigenvalue weighted by Gasteiger charge is 2.36. The standard InChI is InChI=1S/C34H44N4O4S/c1-25-12-11-15-29(20-25)23-37(32(22-28-13-7-6-8-14-28)34(40)35-30-16-9-10-17-30)33(39)24-38(43(41,42)36(4)5)31-21-26(2)18-19-27(31)3/h6-8,11-15,18-21,30,32H,9-10,16-17,22-24H2,1-5H3,(H,35,40). The van der Waals surface area contributed by atoms with E-state index in [1.165, 1.54) is 14.1 Å². The zero-order valence-electron chi connectivity index (χ0n) is 25.9. The lowest BCUT2D eigenvalue weighted by atomic mass is 10.0. The van der Waals surface area contributed by atoms with Crippen LogP contribution in [0.2, 0.25) is 0 Å². The first-order chi connectivity index (χ1) is 20.5. The Morgan fingerprint density at radius 3 is 2.16 bits per heavy atom. The Labute approximate surface area is 256 Å². The molecule has 1 saturated carbocycles. The Bertz CT molecular complexity index is 1520. The number of anilines is 1. The van der Waals surface area contributed by atoms with Crippen molar-refractivity contribution in [2.24, 2.45) is 0 Å². The molecule has 0 bridgehead atoms. The highest BCUT2D eigenvalue weighted by Crippen LogP contribution is 2.27. The van der Waals surface area contributed by atoms with Crippen molar-refractivity contribution in [2.45, 2.75) is 71.5 Å². The van der Waals surface area contributed by atoms with Crippen molar-refractivity contribution in [3.63, 3.8) is 0 Å². The number of carbonyl (C=O) groups excluding carboxylic acids is 2. The van der Waals surface area contributed by atoms with Crippen molar-refractivity contribution in [1.29, 1.82) is 0 Å². The van der Waals surface area contributed by atoms with Gasteiger partial charge in [0.25, 0.3) is 0 Å². The van der Waals surface area contributed by atoms with Gasteiger partial charge in [-0.25, -0.2) is 4.31 Å². The highest BCUT2D eigenvalue weighted by atomic mass is 32.2. The summed E-state index contributed by atoms with van der Waals surface area (Å²) in [6.45, 7) is 5.42. The number of amides is 2. The fourth-order valence-corrected chi connectivity index (χ4v) is 6.73. The topological polar surface area (TPSA) is 90.0 Å². The van der Waals surface area contributed by atoms with Crippen molar-refractivity contribution in [1.82, 2.24) is 14.5 Å². The van der Waals surface area contributed by atoms with E-state index < -0.39 is 28.7 Å². The number of carbonyl (C=O) groups is 2. The first kappa shape index (κ1) is 32.2. The molecule has 0 aromatic heterocycles. The number of aryl methyl sites for hydroxylation is 3. The van der Waals surface area contributed by atoms with Gasteiger partial charge < -0.3 is 10.2 Å². The second-order valence-corrected chi connectivity index (χ2v) is 13.9. The summed E-state index contributed by atoms with van der Waals surface area (Å²) in [4.78, 5) is 30.1. The number of hydrogen-bond donors (Lipinski definition) is 1. The summed E-state index contributed by atoms with van der Waals surface area (Å²) in [5.41, 5.74) is 4.87. The van der Waals surface area contributed by atoms with Gasteiger partial charge >= 0.3 is 10.2 Å². The molecule has 4 rings (SSSR count). The van der Waals surface area contributed by atoms with Crippen LogP contribution in [-0.2, 0) is 32.8 Å². The third kappa shape index (κ3) is 8.24. The van der Waals surface area contributed by atoms with E-state index in [9.17, 15) is 18.0 Å². The molecule has 43 heavy (non-hydrogen) atoms. The molecule has 1 atom stereocenters. The minimum Gasteiger partial charge on any atom is -0.352 e. The summed E-state index contributed by atoms with van der Waals surface area (Å²) >= 11 is 0. The smallest absolute Gasteiger partial charge is 0.304 e. The minimum atomic E-state index is -4.04. The fraction of sp³-hybridized carbons (Fsp3) is 0.412. The third-order valence-electron chi connectivity index (χ3n) is 8.06. The average molecular weight is 605 g/mol. The molecule has 0 spiro atoms. The molecule has 2 amide bonds. The van der Waals surface area contributed by atoms with Crippen molar-refractivity contribution < 1.29 is 18.0 Å². The fourth-order valence-electron chi connectivity index (χ4n) is 5.62. The van der Waals surface area contributed by atoms with Crippen LogP contribution in [0.1, 0.15) is 53.5 Å². The zero-order chi connectivity index (χ0) is 31.1. The van der Waals surface area contributed by atoms with Gasteiger partial charge in [-0.3, -0.25) is 9.59 Å². The molecule has 9 heteroatoms. The van der Waals surface area contributed by atoms with Crippen molar-refractivity contribution >= 4 is 27.7 Å². The van der Waals surface area contributed by atoms with Crippen LogP contribution in [0.25, 0.3) is 0 Å². The Hall–Kier alpha value is -3.69. The monoisotopic (exact) mass is 604 g/mol. The number of rotatable bonds is 12. The Morgan fingerprint density at radius 2 is 1.51 bits per heavy atom. The van der Waals surface area contributed by atoms with Gasteiger partial charge in [-0.1, -0.05) is 85.1 Å². The largest absolute Gasteiger partial charge is 0.352 e. The van der Waals surface area contributed by atoms with Crippen molar-refractivity contribution in [2.75, 3.05) is 24.9 Å². The maximum atomic E-state index is 14.5. The molecular formula is C34H44N4O4S. The first-order valence-electron chi connectivity index (χ1n) is 14.9. The average Bonchev–Trinajstić information content (AvgIpc) is 3.48. The van der Waals surface area contributed by atoms with Crippen molar-refractivity contribution in [3.05, 3.63) is 101 Å². The minimum absolute atomic E-state index is 0.0715. The second kappa shape index (κ2) is 14.2. The predicted octanol–water partition coefficient (Wildman–Crippen LogP) is 4.92. The van der Waals surface area contributed by atoms with E-state index in [4.69, 9.17) is 0 Å². The SMILES string of the molecule is Cc1cccc(CN(C(=O)CN(c2cc(C)ccc2C)S(=O)(=O)N(C)C)C(Cc2ccccc2)C(=O)NC2CCCC2)c1. The van der Waals surface area contributed by atoms with Gasteiger partial charge in [-0.05, 0) is 61.9 Å². The normalized spacial score (nSPS) is 14.5. The zero-order valence-corrected chi connectivity index (χ0v) is 26.7. The predicted molar refractivity (Wildman–Crippen MR) is 172 cm³/mol. The molecule has 1 aliphatic rings. The Balaban J connectivity index is 1.78. The van der Waals surface area contributed by atoms with Gasteiger partial charge in [0.2, 0.25) is 11.8 Å². The second-order valence-electron chi connectivity index (χ2n) is 11.8. The van der Waals surface area contributed by atoms with Crippen LogP contribution in [0.4, 0.5) is 5.69 Å². The molecular weight excluding hydrogens is 560 g/mol. The number of nitrogens with zero attached hydrogens (tertiary/aromatic N) is 3. The van der Waals surface area contributed by atoms with Gasteiger partial charge in [0, 0.05) is 33.1 Å². The van der Waals surface area contributed by atoms with Crippen LogP contribution in [-0.4, -0.2) is 62.2 Å². The molecule has 0 radical (unpaired) electrons. The Morgan fingerprint density at radius 1 is 0.860 bits per heavy atom. The lowest BCUT2D eigenvalue weighted by Crippen LogP contribution is -2.55. The van der Waals surface area contributed by atoms with E-state index in [0.717, 1.165) is 62.1 Å². The summed E-state index contributed by atoms with van der Waals surface area (Å²) in [5.74, 6) is -0.666. The van der Waals surface area contributed by atoms with E-state index in [1.807, 2.05) is 87.5 Å². The molecule has 0 aliphatic heterocycles. The first-order valence-corrected chi connectivity index (χ1v) is 16.3. The number of nitrogens with one attached hydrogen (secondary N) is 1. The Kier molecular flexibility index (Phi) is 10.6. The van der Waals surface area contributed by atoms with Crippen LogP contribution >= 0.6 is 0 Å².